The van der Waals surface area contributed by atoms with Gasteiger partial charge in [0.25, 0.3) is 10.0 Å². The molecule has 0 radical (unpaired) electrons. The summed E-state index contributed by atoms with van der Waals surface area (Å²) < 4.78 is 44.8. The van der Waals surface area contributed by atoms with E-state index in [9.17, 15) is 8.42 Å². The first-order valence-electron chi connectivity index (χ1n) is 9.13. The summed E-state index contributed by atoms with van der Waals surface area (Å²) in [4.78, 5) is 4.34. The Kier molecular flexibility index (Phi) is 4.04. The molecule has 2 aromatic carbocycles. The number of rotatable bonds is 3. The smallest absolute Gasteiger partial charge is 0.264 e. The summed E-state index contributed by atoms with van der Waals surface area (Å²) in [6.07, 6.45) is 0. The highest BCUT2D eigenvalue weighted by molar-refractivity contribution is 7.92. The first-order chi connectivity index (χ1) is 14.5. The molecule has 1 aliphatic heterocycles. The van der Waals surface area contributed by atoms with Crippen molar-refractivity contribution in [2.24, 2.45) is 0 Å². The summed E-state index contributed by atoms with van der Waals surface area (Å²) in [5, 5.41) is 8.98. The summed E-state index contributed by atoms with van der Waals surface area (Å²) >= 11 is 0. The molecule has 30 heavy (non-hydrogen) atoms. The highest BCUT2D eigenvalue weighted by Gasteiger charge is 2.31. The minimum atomic E-state index is -3.87. The molecular formula is C21H15N3O5S. The molecule has 0 aliphatic carbocycles. The fraction of sp³-hybridized carbons (Fsp3) is 0.143. The number of nitriles is 1. The summed E-state index contributed by atoms with van der Waals surface area (Å²) in [5.74, 6) is 1.58. The molecule has 5 rings (SSSR count). The topological polar surface area (TPSA) is 110 Å². The van der Waals surface area contributed by atoms with Crippen LogP contribution in [-0.4, -0.2) is 26.6 Å². The van der Waals surface area contributed by atoms with Gasteiger partial charge in [-0.05, 0) is 48.5 Å². The van der Waals surface area contributed by atoms with E-state index in [1.165, 1.54) is 16.4 Å². The molecule has 4 aromatic rings. The molecular weight excluding hydrogens is 406 g/mol. The second kappa shape index (κ2) is 6.64. The maximum Gasteiger partial charge on any atom is 0.264 e. The minimum Gasteiger partial charge on any atom is -0.489 e. The van der Waals surface area contributed by atoms with Gasteiger partial charge in [-0.3, -0.25) is 4.31 Å². The van der Waals surface area contributed by atoms with Crippen molar-refractivity contribution >= 4 is 26.8 Å². The third kappa shape index (κ3) is 2.89. The Labute approximate surface area is 172 Å². The average Bonchev–Trinajstić information content (AvgIpc) is 3.37. The lowest BCUT2D eigenvalue weighted by Gasteiger charge is -2.30. The summed E-state index contributed by atoms with van der Waals surface area (Å²) in [6, 6.07) is 14.9. The molecule has 0 atom stereocenters. The van der Waals surface area contributed by atoms with E-state index in [2.05, 4.69) is 4.98 Å². The Morgan fingerprint density at radius 1 is 1.10 bits per heavy atom. The molecule has 0 unspecified atom stereocenters. The van der Waals surface area contributed by atoms with E-state index in [4.69, 9.17) is 18.8 Å². The molecule has 0 spiro atoms. The van der Waals surface area contributed by atoms with Gasteiger partial charge in [0.1, 0.15) is 29.7 Å². The number of hydrogen-bond acceptors (Lipinski definition) is 7. The number of nitrogens with zero attached hydrogens (tertiary/aromatic N) is 3. The fourth-order valence-corrected chi connectivity index (χ4v) is 4.93. The lowest BCUT2D eigenvalue weighted by molar-refractivity contribution is 0.316. The van der Waals surface area contributed by atoms with Gasteiger partial charge in [-0.15, -0.1) is 0 Å². The van der Waals surface area contributed by atoms with E-state index in [-0.39, 0.29) is 23.8 Å². The van der Waals surface area contributed by atoms with Crippen LogP contribution in [0.25, 0.3) is 22.4 Å². The summed E-state index contributed by atoms with van der Waals surface area (Å²) in [6.45, 7) is 2.10. The van der Waals surface area contributed by atoms with Crippen LogP contribution in [-0.2, 0) is 10.0 Å². The van der Waals surface area contributed by atoms with E-state index in [0.29, 0.717) is 39.8 Å². The lowest BCUT2D eigenvalue weighted by atomic mass is 10.1. The van der Waals surface area contributed by atoms with Crippen LogP contribution < -0.4 is 9.04 Å². The van der Waals surface area contributed by atoms with Gasteiger partial charge in [-0.2, -0.15) is 5.26 Å². The number of anilines is 1. The molecule has 1 aliphatic rings. The predicted octanol–water partition coefficient (Wildman–Crippen LogP) is 3.86. The van der Waals surface area contributed by atoms with Crippen molar-refractivity contribution < 1.29 is 22.0 Å². The highest BCUT2D eigenvalue weighted by atomic mass is 32.2. The standard InChI is InChI=1S/C21H15N3O5S/c1-13-23-17-11-16(4-7-20(17)28-13)30(25,26)24-8-9-27-21-5-2-14(10-18(21)24)19-6-3-15(12-22)29-19/h2-7,10-11H,8-9H2,1H3. The zero-order chi connectivity index (χ0) is 20.9. The number of oxazole rings is 1. The van der Waals surface area contributed by atoms with Crippen molar-refractivity contribution in [3.63, 3.8) is 0 Å². The number of furan rings is 1. The summed E-state index contributed by atoms with van der Waals surface area (Å²) in [7, 11) is -3.87. The SMILES string of the molecule is Cc1nc2cc(S(=O)(=O)N3CCOc4ccc(-c5ccc(C#N)o5)cc43)ccc2o1. The average molecular weight is 421 g/mol. The van der Waals surface area contributed by atoms with Crippen molar-refractivity contribution in [3.8, 4) is 23.1 Å². The van der Waals surface area contributed by atoms with E-state index < -0.39 is 10.0 Å². The Morgan fingerprint density at radius 2 is 1.97 bits per heavy atom. The Balaban J connectivity index is 1.60. The van der Waals surface area contributed by atoms with Crippen molar-refractivity contribution in [3.05, 3.63) is 60.2 Å². The molecule has 0 N–H and O–H groups in total. The Hall–Kier alpha value is -3.77. The number of sulfonamides is 1. The van der Waals surface area contributed by atoms with Gasteiger partial charge in [0.15, 0.2) is 11.5 Å². The number of benzene rings is 2. The maximum absolute atomic E-state index is 13.4. The zero-order valence-corrected chi connectivity index (χ0v) is 16.6. The first kappa shape index (κ1) is 18.3. The Morgan fingerprint density at radius 3 is 2.77 bits per heavy atom. The van der Waals surface area contributed by atoms with Gasteiger partial charge in [-0.25, -0.2) is 13.4 Å². The highest BCUT2D eigenvalue weighted by Crippen LogP contribution is 2.39. The molecule has 150 valence electrons. The minimum absolute atomic E-state index is 0.117. The molecule has 0 fully saturated rings. The van der Waals surface area contributed by atoms with Gasteiger partial charge in [0.05, 0.1) is 17.1 Å². The van der Waals surface area contributed by atoms with Gasteiger partial charge in [0, 0.05) is 12.5 Å². The number of aromatic nitrogens is 1. The molecule has 0 bridgehead atoms. The van der Waals surface area contributed by atoms with Crippen LogP contribution in [0.4, 0.5) is 5.69 Å². The monoisotopic (exact) mass is 421 g/mol. The number of aryl methyl sites for hydroxylation is 1. The largest absolute Gasteiger partial charge is 0.489 e. The predicted molar refractivity (Wildman–Crippen MR) is 108 cm³/mol. The fourth-order valence-electron chi connectivity index (χ4n) is 3.46. The van der Waals surface area contributed by atoms with Crippen LogP contribution >= 0.6 is 0 Å². The van der Waals surface area contributed by atoms with Gasteiger partial charge in [0.2, 0.25) is 5.76 Å². The third-order valence-corrected chi connectivity index (χ3v) is 6.64. The van der Waals surface area contributed by atoms with Gasteiger partial charge < -0.3 is 13.6 Å². The molecule has 2 aromatic heterocycles. The van der Waals surface area contributed by atoms with Crippen LogP contribution in [0.5, 0.6) is 5.75 Å². The van der Waals surface area contributed by atoms with E-state index in [1.54, 1.807) is 43.3 Å². The molecule has 8 nitrogen and oxygen atoms in total. The second-order valence-electron chi connectivity index (χ2n) is 6.75. The number of hydrogen-bond donors (Lipinski definition) is 0. The number of fused-ring (bicyclic) bond motifs is 2. The van der Waals surface area contributed by atoms with Gasteiger partial charge >= 0.3 is 0 Å². The normalized spacial score (nSPS) is 13.7. The summed E-state index contributed by atoms with van der Waals surface area (Å²) in [5.41, 5.74) is 2.06. The van der Waals surface area contributed by atoms with Crippen molar-refractivity contribution in [2.75, 3.05) is 17.5 Å². The molecule has 9 heteroatoms. The van der Waals surface area contributed by atoms with E-state index in [1.807, 2.05) is 6.07 Å². The maximum atomic E-state index is 13.4. The Bertz CT molecular complexity index is 1430. The quantitative estimate of drug-likeness (QED) is 0.494. The third-order valence-electron chi connectivity index (χ3n) is 4.83. The van der Waals surface area contributed by atoms with E-state index in [0.717, 1.165) is 0 Å². The van der Waals surface area contributed by atoms with Gasteiger partial charge in [-0.1, -0.05) is 0 Å². The van der Waals surface area contributed by atoms with Crippen molar-refractivity contribution in [2.45, 2.75) is 11.8 Å². The second-order valence-corrected chi connectivity index (χ2v) is 8.61. The molecule has 0 amide bonds. The van der Waals surface area contributed by atoms with Crippen LogP contribution in [0.15, 0.2) is 62.3 Å². The van der Waals surface area contributed by atoms with Crippen LogP contribution in [0.1, 0.15) is 11.7 Å². The van der Waals surface area contributed by atoms with Crippen LogP contribution in [0.3, 0.4) is 0 Å². The molecule has 0 saturated heterocycles. The van der Waals surface area contributed by atoms with Crippen LogP contribution in [0.2, 0.25) is 0 Å². The molecule has 3 heterocycles. The van der Waals surface area contributed by atoms with Crippen molar-refractivity contribution in [1.29, 1.82) is 5.26 Å². The first-order valence-corrected chi connectivity index (χ1v) is 10.6. The van der Waals surface area contributed by atoms with E-state index >= 15 is 0 Å². The molecule has 0 saturated carbocycles. The number of ether oxygens (including phenoxy) is 1. The lowest BCUT2D eigenvalue weighted by Crippen LogP contribution is -2.37. The van der Waals surface area contributed by atoms with Crippen molar-refractivity contribution in [1.82, 2.24) is 4.98 Å². The van der Waals surface area contributed by atoms with Crippen LogP contribution in [0, 0.1) is 18.3 Å². The zero-order valence-electron chi connectivity index (χ0n) is 15.8.